The molecule has 3 aromatic carbocycles. The molecule has 1 saturated heterocycles. The summed E-state index contributed by atoms with van der Waals surface area (Å²) < 4.78 is 23.3. The van der Waals surface area contributed by atoms with Crippen LogP contribution in [-0.4, -0.2) is 48.0 Å². The number of hydrogen-bond acceptors (Lipinski definition) is 6. The number of nitrogens with zero attached hydrogens (tertiary/aromatic N) is 3. The van der Waals surface area contributed by atoms with Crippen LogP contribution in [0.5, 0.6) is 5.75 Å². The van der Waals surface area contributed by atoms with E-state index in [0.29, 0.717) is 56.7 Å². The zero-order valence-corrected chi connectivity index (χ0v) is 29.0. The first-order valence-electron chi connectivity index (χ1n) is 16.6. The summed E-state index contributed by atoms with van der Waals surface area (Å²) in [5.74, 6) is 0.430. The van der Waals surface area contributed by atoms with E-state index in [1.807, 2.05) is 24.8 Å². The van der Waals surface area contributed by atoms with Crippen LogP contribution in [0.2, 0.25) is 5.02 Å². The van der Waals surface area contributed by atoms with Crippen LogP contribution in [0.3, 0.4) is 0 Å². The summed E-state index contributed by atoms with van der Waals surface area (Å²) in [5.41, 5.74) is 1.16. The van der Waals surface area contributed by atoms with Crippen LogP contribution < -0.4 is 25.8 Å². The minimum Gasteiger partial charge on any atom is -0.484 e. The number of halogens is 2. The lowest BCUT2D eigenvalue weighted by atomic mass is 9.86. The molecule has 3 heterocycles. The molecule has 2 aliphatic heterocycles. The number of rotatable bonds is 8. The van der Waals surface area contributed by atoms with Crippen molar-refractivity contribution in [2.24, 2.45) is 10.9 Å². The van der Waals surface area contributed by atoms with Crippen LogP contribution in [0.4, 0.5) is 21.6 Å². The van der Waals surface area contributed by atoms with Gasteiger partial charge in [-0.25, -0.2) is 9.38 Å². The Morgan fingerprint density at radius 1 is 1.08 bits per heavy atom. The SMILES string of the molecule is C=Cc1cc(-c2ccccc2Cl)c(=O)n(C2C(=O)c3ccccc3OC2(C)C)c1N=C(Nc1ccc(N2CCNCC2)c(F)c1)C(C)CC. The number of piperazine rings is 1. The number of benzene rings is 3. The van der Waals surface area contributed by atoms with Gasteiger partial charge in [-0.1, -0.05) is 68.4 Å². The molecule has 10 heteroatoms. The minimum absolute atomic E-state index is 0.132. The number of nitrogens with one attached hydrogen (secondary N) is 2. The summed E-state index contributed by atoms with van der Waals surface area (Å²) >= 11 is 6.62. The summed E-state index contributed by atoms with van der Waals surface area (Å²) in [7, 11) is 0. The Morgan fingerprint density at radius 3 is 2.45 bits per heavy atom. The molecule has 2 atom stereocenters. The highest BCUT2D eigenvalue weighted by atomic mass is 35.5. The van der Waals surface area contributed by atoms with Gasteiger partial charge in [-0.3, -0.25) is 14.2 Å². The predicted molar refractivity (Wildman–Crippen MR) is 197 cm³/mol. The van der Waals surface area contributed by atoms with Crippen molar-refractivity contribution in [3.05, 3.63) is 112 Å². The number of carbonyl (C=O) groups is 1. The van der Waals surface area contributed by atoms with E-state index in [2.05, 4.69) is 17.2 Å². The number of carbonyl (C=O) groups excluding carboxylic acids is 1. The number of anilines is 2. The Morgan fingerprint density at radius 2 is 1.78 bits per heavy atom. The summed E-state index contributed by atoms with van der Waals surface area (Å²) in [6.45, 7) is 14.7. The Balaban J connectivity index is 1.55. The molecule has 2 aliphatic rings. The van der Waals surface area contributed by atoms with Crippen molar-refractivity contribution >= 4 is 46.5 Å². The molecule has 254 valence electrons. The fraction of sp³-hybridized carbons (Fsp3) is 0.308. The number of fused-ring (bicyclic) bond motifs is 1. The van der Waals surface area contributed by atoms with Crippen LogP contribution in [-0.2, 0) is 0 Å². The number of ether oxygens (including phenoxy) is 1. The predicted octanol–water partition coefficient (Wildman–Crippen LogP) is 8.14. The van der Waals surface area contributed by atoms with E-state index >= 15 is 4.39 Å². The van der Waals surface area contributed by atoms with Gasteiger partial charge in [0.05, 0.1) is 11.3 Å². The van der Waals surface area contributed by atoms with E-state index in [-0.39, 0.29) is 23.3 Å². The summed E-state index contributed by atoms with van der Waals surface area (Å²) in [6, 6.07) is 19.8. The first-order valence-corrected chi connectivity index (χ1v) is 17.0. The molecule has 0 saturated carbocycles. The number of hydrogen-bond donors (Lipinski definition) is 2. The van der Waals surface area contributed by atoms with Crippen LogP contribution >= 0.6 is 11.6 Å². The fourth-order valence-electron chi connectivity index (χ4n) is 6.48. The number of amidine groups is 1. The van der Waals surface area contributed by atoms with Gasteiger partial charge in [0.25, 0.3) is 5.56 Å². The molecule has 49 heavy (non-hydrogen) atoms. The van der Waals surface area contributed by atoms with Gasteiger partial charge < -0.3 is 20.3 Å². The molecule has 0 spiro atoms. The first-order chi connectivity index (χ1) is 23.5. The second-order valence-corrected chi connectivity index (χ2v) is 13.4. The fourth-order valence-corrected chi connectivity index (χ4v) is 6.72. The lowest BCUT2D eigenvalue weighted by molar-refractivity contribution is 0.0298. The van der Waals surface area contributed by atoms with Gasteiger partial charge in [0, 0.05) is 59.5 Å². The molecule has 2 unspecified atom stereocenters. The van der Waals surface area contributed by atoms with Crippen LogP contribution in [0.25, 0.3) is 17.2 Å². The van der Waals surface area contributed by atoms with Gasteiger partial charge in [0.2, 0.25) is 0 Å². The highest BCUT2D eigenvalue weighted by Crippen LogP contribution is 2.42. The highest BCUT2D eigenvalue weighted by Gasteiger charge is 2.46. The average Bonchev–Trinajstić information content (AvgIpc) is 3.09. The van der Waals surface area contributed by atoms with Crippen molar-refractivity contribution in [2.75, 3.05) is 36.4 Å². The minimum atomic E-state index is -1.15. The molecule has 4 aromatic rings. The zero-order chi connectivity index (χ0) is 34.9. The summed E-state index contributed by atoms with van der Waals surface area (Å²) in [5, 5.41) is 7.03. The van der Waals surface area contributed by atoms with Crippen LogP contribution in [0.15, 0.2) is 89.2 Å². The van der Waals surface area contributed by atoms with E-state index in [0.717, 1.165) is 26.2 Å². The van der Waals surface area contributed by atoms with Crippen LogP contribution in [0, 0.1) is 11.7 Å². The maximum absolute atomic E-state index is 15.5. The van der Waals surface area contributed by atoms with Crippen molar-refractivity contribution in [3.8, 4) is 16.9 Å². The molecule has 2 N–H and O–H groups in total. The topological polar surface area (TPSA) is 88.0 Å². The number of ketones is 1. The molecular formula is C39H41ClFN5O3. The molecule has 0 amide bonds. The average molecular weight is 682 g/mol. The number of pyridine rings is 1. The number of aromatic nitrogens is 1. The Labute approximate surface area is 291 Å². The lowest BCUT2D eigenvalue weighted by Crippen LogP contribution is -2.50. The van der Waals surface area contributed by atoms with Gasteiger partial charge in [-0.05, 0) is 62.7 Å². The Kier molecular flexibility index (Phi) is 9.77. The second kappa shape index (κ2) is 14.0. The monoisotopic (exact) mass is 681 g/mol. The van der Waals surface area contributed by atoms with Crippen molar-refractivity contribution in [3.63, 3.8) is 0 Å². The second-order valence-electron chi connectivity index (χ2n) is 13.0. The molecule has 6 rings (SSSR count). The highest BCUT2D eigenvalue weighted by molar-refractivity contribution is 6.33. The molecule has 1 fully saturated rings. The maximum Gasteiger partial charge on any atom is 0.260 e. The maximum atomic E-state index is 15.5. The first kappa shape index (κ1) is 34.1. The third-order valence-corrected chi connectivity index (χ3v) is 9.62. The zero-order valence-electron chi connectivity index (χ0n) is 28.2. The number of para-hydroxylation sites is 1. The summed E-state index contributed by atoms with van der Waals surface area (Å²) in [4.78, 5) is 36.3. The van der Waals surface area contributed by atoms with Gasteiger partial charge in [0.15, 0.2) is 5.78 Å². The van der Waals surface area contributed by atoms with Crippen LogP contribution in [0.1, 0.15) is 56.1 Å². The number of aliphatic imine (C=N–C) groups is 1. The van der Waals surface area contributed by atoms with Crippen molar-refractivity contribution in [1.82, 2.24) is 9.88 Å². The Hall–Kier alpha value is -4.73. The quantitative estimate of drug-likeness (QED) is 0.144. The number of Topliss-reactive ketones (excluding diaryl/α,β-unsaturated/α-hetero) is 1. The molecule has 8 nitrogen and oxygen atoms in total. The van der Waals surface area contributed by atoms with Gasteiger partial charge in [-0.2, -0.15) is 0 Å². The smallest absolute Gasteiger partial charge is 0.260 e. The normalized spacial score (nSPS) is 18.0. The largest absolute Gasteiger partial charge is 0.484 e. The molecule has 0 aliphatic carbocycles. The third-order valence-electron chi connectivity index (χ3n) is 9.29. The van der Waals surface area contributed by atoms with E-state index < -0.39 is 17.2 Å². The molecule has 0 bridgehead atoms. The van der Waals surface area contributed by atoms with Gasteiger partial charge in [0.1, 0.15) is 34.9 Å². The van der Waals surface area contributed by atoms with Crippen molar-refractivity contribution in [1.29, 1.82) is 0 Å². The van der Waals surface area contributed by atoms with Crippen molar-refractivity contribution in [2.45, 2.75) is 45.8 Å². The Bertz CT molecular complexity index is 2000. The van der Waals surface area contributed by atoms with E-state index in [1.165, 1.54) is 10.6 Å². The van der Waals surface area contributed by atoms with E-state index in [1.54, 1.807) is 80.6 Å². The van der Waals surface area contributed by atoms with Gasteiger partial charge >= 0.3 is 0 Å². The van der Waals surface area contributed by atoms with E-state index in [9.17, 15) is 9.59 Å². The molecular weight excluding hydrogens is 641 g/mol. The lowest BCUT2D eigenvalue weighted by Gasteiger charge is -2.40. The molecule has 1 aromatic heterocycles. The summed E-state index contributed by atoms with van der Waals surface area (Å²) in [6.07, 6.45) is 2.31. The van der Waals surface area contributed by atoms with Crippen molar-refractivity contribution < 1.29 is 13.9 Å². The standard InChI is InChI=1S/C39H41ClFN5O3/c1-6-24(3)36(43-26-16-17-32(31(41)23-26)45-20-18-42-19-21-45)44-37-25(7-2)22-29(27-12-8-10-14-30(27)40)38(48)46(37)35-34(47)28-13-9-11-15-33(28)49-39(35,4)5/h7-17,22-24,35,42H,2,6,18-21H2,1,3-5H3,(H,43,44). The van der Waals surface area contributed by atoms with E-state index in [4.69, 9.17) is 21.3 Å². The molecule has 0 radical (unpaired) electrons. The van der Waals surface area contributed by atoms with Gasteiger partial charge in [-0.15, -0.1) is 0 Å². The third kappa shape index (κ3) is 6.65.